The minimum absolute atomic E-state index is 0.00934. The Hall–Kier alpha value is -3.18. The lowest BCUT2D eigenvalue weighted by Gasteiger charge is -2.13. The van der Waals surface area contributed by atoms with Crippen molar-refractivity contribution in [2.24, 2.45) is 0 Å². The molecule has 0 radical (unpaired) electrons. The lowest BCUT2D eigenvalue weighted by atomic mass is 10.1. The molecule has 0 aliphatic heterocycles. The first-order valence-corrected chi connectivity index (χ1v) is 9.27. The summed E-state index contributed by atoms with van der Waals surface area (Å²) >= 11 is 5.70. The normalized spacial score (nSPS) is 11.2. The summed E-state index contributed by atoms with van der Waals surface area (Å²) in [5, 5.41) is 7.19. The molecule has 3 heterocycles. The van der Waals surface area contributed by atoms with Crippen molar-refractivity contribution in [2.45, 2.75) is 6.61 Å². The van der Waals surface area contributed by atoms with Crippen LogP contribution >= 0.6 is 23.9 Å². The third-order valence-corrected chi connectivity index (χ3v) is 4.71. The number of pyridine rings is 1. The number of anilines is 1. The zero-order valence-corrected chi connectivity index (χ0v) is 16.3. The van der Waals surface area contributed by atoms with Crippen molar-refractivity contribution in [2.75, 3.05) is 5.32 Å². The molecular formula is C18H10ClF3N4O3S. The van der Waals surface area contributed by atoms with Gasteiger partial charge < -0.3 is 14.5 Å². The van der Waals surface area contributed by atoms with Crippen LogP contribution in [0, 0.1) is 0 Å². The molecule has 0 saturated heterocycles. The Morgan fingerprint density at radius 3 is 2.87 bits per heavy atom. The van der Waals surface area contributed by atoms with E-state index >= 15 is 0 Å². The van der Waals surface area contributed by atoms with E-state index in [1.54, 1.807) is 6.07 Å². The second-order valence-electron chi connectivity index (χ2n) is 5.85. The second-order valence-corrected chi connectivity index (χ2v) is 6.77. The van der Waals surface area contributed by atoms with Crippen LogP contribution in [0.25, 0.3) is 22.2 Å². The van der Waals surface area contributed by atoms with Crippen LogP contribution in [0.2, 0.25) is 5.02 Å². The summed E-state index contributed by atoms with van der Waals surface area (Å²) in [5.74, 6) is -0.887. The molecule has 7 nitrogen and oxygen atoms in total. The molecule has 0 aliphatic rings. The summed E-state index contributed by atoms with van der Waals surface area (Å²) in [7, 11) is 0. The van der Waals surface area contributed by atoms with E-state index in [2.05, 4.69) is 20.1 Å². The fraction of sp³-hybridized carbons (Fsp3) is 0.0556. The van der Waals surface area contributed by atoms with Gasteiger partial charge in [0.2, 0.25) is 0 Å². The summed E-state index contributed by atoms with van der Waals surface area (Å²) < 4.78 is 49.8. The summed E-state index contributed by atoms with van der Waals surface area (Å²) in [6.07, 6.45) is 5.41. The number of halogens is 4. The molecule has 30 heavy (non-hydrogen) atoms. The van der Waals surface area contributed by atoms with E-state index in [4.69, 9.17) is 16.0 Å². The molecule has 0 atom stereocenters. The Kier molecular flexibility index (Phi) is 5.55. The number of carbonyl (C=O) groups is 1. The average Bonchev–Trinajstić information content (AvgIpc) is 3.35. The number of fused-ring (bicyclic) bond motifs is 1. The number of alkyl halides is 2. The van der Waals surface area contributed by atoms with Crippen LogP contribution < -0.4 is 10.1 Å². The molecule has 1 N–H and O–H groups in total. The van der Waals surface area contributed by atoms with Gasteiger partial charge in [-0.3, -0.25) is 9.78 Å². The summed E-state index contributed by atoms with van der Waals surface area (Å²) in [5.41, 5.74) is 0.443. The van der Waals surface area contributed by atoms with Crippen molar-refractivity contribution in [3.63, 3.8) is 0 Å². The van der Waals surface area contributed by atoms with E-state index in [-0.39, 0.29) is 45.6 Å². The van der Waals surface area contributed by atoms with Gasteiger partial charge in [-0.1, -0.05) is 11.6 Å². The lowest BCUT2D eigenvalue weighted by Crippen LogP contribution is -2.13. The standard InChI is InChI=1S/C18H10ClF3N4O3S/c19-10-1-2-14(29-18(20)21)11(5-10)15-13(8-24-26(15)30-22)25-17(27)12-7-23-6-9-3-4-28-16(9)12/h1-8,18H,(H,25,27). The summed E-state index contributed by atoms with van der Waals surface area (Å²) in [6.45, 7) is -3.13. The van der Waals surface area contributed by atoms with Crippen molar-refractivity contribution in [1.82, 2.24) is 14.2 Å². The van der Waals surface area contributed by atoms with Crippen molar-refractivity contribution < 1.29 is 26.6 Å². The Morgan fingerprint density at radius 2 is 2.10 bits per heavy atom. The molecule has 3 aromatic heterocycles. The minimum Gasteiger partial charge on any atom is -0.463 e. The lowest BCUT2D eigenvalue weighted by molar-refractivity contribution is -0.0494. The van der Waals surface area contributed by atoms with Crippen molar-refractivity contribution in [1.29, 1.82) is 0 Å². The number of amides is 1. The fourth-order valence-electron chi connectivity index (χ4n) is 2.85. The smallest absolute Gasteiger partial charge is 0.387 e. The van der Waals surface area contributed by atoms with Gasteiger partial charge in [0.05, 0.1) is 18.1 Å². The Bertz CT molecular complexity index is 1230. The maximum absolute atomic E-state index is 13.5. The number of hydrogen-bond acceptors (Lipinski definition) is 6. The third-order valence-electron chi connectivity index (χ3n) is 4.07. The van der Waals surface area contributed by atoms with Gasteiger partial charge in [-0.2, -0.15) is 18.0 Å². The molecular weight excluding hydrogens is 445 g/mol. The first-order chi connectivity index (χ1) is 14.5. The first-order valence-electron chi connectivity index (χ1n) is 8.22. The molecule has 0 bridgehead atoms. The molecule has 1 amide bonds. The Balaban J connectivity index is 1.77. The highest BCUT2D eigenvalue weighted by atomic mass is 35.5. The number of aromatic nitrogens is 3. The molecule has 0 spiro atoms. The van der Waals surface area contributed by atoms with Gasteiger partial charge >= 0.3 is 6.61 Å². The molecule has 4 rings (SSSR count). The number of rotatable bonds is 6. The van der Waals surface area contributed by atoms with Crippen molar-refractivity contribution >= 4 is 46.5 Å². The minimum atomic E-state index is -3.13. The van der Waals surface area contributed by atoms with Crippen molar-refractivity contribution in [3.8, 4) is 17.0 Å². The highest BCUT2D eigenvalue weighted by Gasteiger charge is 2.23. The zero-order chi connectivity index (χ0) is 21.3. The van der Waals surface area contributed by atoms with E-state index in [0.29, 0.717) is 11.0 Å². The summed E-state index contributed by atoms with van der Waals surface area (Å²) in [4.78, 5) is 16.8. The van der Waals surface area contributed by atoms with Crippen LogP contribution in [-0.2, 0) is 0 Å². The van der Waals surface area contributed by atoms with Gasteiger partial charge in [0.25, 0.3) is 5.91 Å². The van der Waals surface area contributed by atoms with E-state index < -0.39 is 12.5 Å². The van der Waals surface area contributed by atoms with Gasteiger partial charge in [0.15, 0.2) is 12.3 Å². The number of furan rings is 1. The molecule has 4 aromatic rings. The second kappa shape index (κ2) is 8.28. The molecule has 0 unspecified atom stereocenters. The number of hydrogen-bond donors (Lipinski definition) is 1. The largest absolute Gasteiger partial charge is 0.463 e. The number of nitrogens with zero attached hydrogens (tertiary/aromatic N) is 3. The third kappa shape index (κ3) is 3.81. The van der Waals surface area contributed by atoms with Gasteiger partial charge in [0.1, 0.15) is 22.6 Å². The van der Waals surface area contributed by atoms with Crippen LogP contribution in [0.1, 0.15) is 10.4 Å². The predicted molar refractivity (Wildman–Crippen MR) is 105 cm³/mol. The average molecular weight is 455 g/mol. The molecule has 12 heteroatoms. The molecule has 0 fully saturated rings. The van der Waals surface area contributed by atoms with Gasteiger partial charge in [-0.25, -0.2) is 0 Å². The Morgan fingerprint density at radius 1 is 1.27 bits per heavy atom. The quantitative estimate of drug-likeness (QED) is 0.409. The van der Waals surface area contributed by atoms with Crippen molar-refractivity contribution in [3.05, 3.63) is 59.7 Å². The van der Waals surface area contributed by atoms with Crippen LogP contribution in [0.15, 0.2) is 53.5 Å². The SMILES string of the molecule is O=C(Nc1cnn(SF)c1-c1cc(Cl)ccc1OC(F)F)c1cncc2ccoc12. The first kappa shape index (κ1) is 20.1. The van der Waals surface area contributed by atoms with Crippen LogP contribution in [0.4, 0.5) is 18.4 Å². The maximum Gasteiger partial charge on any atom is 0.387 e. The molecule has 0 aliphatic carbocycles. The highest BCUT2D eigenvalue weighted by Crippen LogP contribution is 2.39. The zero-order valence-electron chi connectivity index (χ0n) is 14.7. The van der Waals surface area contributed by atoms with Gasteiger partial charge in [-0.05, 0) is 24.3 Å². The number of nitrogens with one attached hydrogen (secondary N) is 1. The van der Waals surface area contributed by atoms with E-state index in [9.17, 15) is 17.5 Å². The fourth-order valence-corrected chi connectivity index (χ4v) is 3.37. The number of ether oxygens (including phenoxy) is 1. The van der Waals surface area contributed by atoms with E-state index in [0.717, 1.165) is 4.09 Å². The van der Waals surface area contributed by atoms with Crippen LogP contribution in [0.3, 0.4) is 0 Å². The number of carbonyl (C=O) groups excluding carboxylic acids is 1. The molecule has 154 valence electrons. The predicted octanol–water partition coefficient (Wildman–Crippen LogP) is 5.58. The van der Waals surface area contributed by atoms with Gasteiger partial charge in [0, 0.05) is 28.4 Å². The van der Waals surface area contributed by atoms with E-state index in [1.165, 1.54) is 43.1 Å². The van der Waals surface area contributed by atoms with Gasteiger partial charge in [-0.15, -0.1) is 3.89 Å². The van der Waals surface area contributed by atoms with Crippen LogP contribution in [-0.4, -0.2) is 26.7 Å². The van der Waals surface area contributed by atoms with E-state index in [1.807, 2.05) is 0 Å². The Labute approximate surface area is 176 Å². The molecule has 1 aromatic carbocycles. The maximum atomic E-state index is 13.5. The number of benzene rings is 1. The summed E-state index contributed by atoms with van der Waals surface area (Å²) in [6, 6.07) is 5.49. The monoisotopic (exact) mass is 454 g/mol. The topological polar surface area (TPSA) is 82.2 Å². The molecule has 0 saturated carbocycles. The highest BCUT2D eigenvalue weighted by molar-refractivity contribution is 7.92. The van der Waals surface area contributed by atoms with Crippen LogP contribution in [0.5, 0.6) is 5.75 Å².